The summed E-state index contributed by atoms with van der Waals surface area (Å²) in [5, 5.41) is 0. The lowest BCUT2D eigenvalue weighted by Crippen LogP contribution is -2.37. The zero-order chi connectivity index (χ0) is 11.1. The van der Waals surface area contributed by atoms with Crippen molar-refractivity contribution in [3.8, 4) is 0 Å². The average Bonchev–Trinajstić information content (AvgIpc) is 2.12. The van der Waals surface area contributed by atoms with Crippen LogP contribution >= 0.6 is 0 Å². The number of hydrogen-bond acceptors (Lipinski definition) is 3. The third kappa shape index (κ3) is 5.94. The molecule has 0 fully saturated rings. The van der Waals surface area contributed by atoms with E-state index < -0.39 is 0 Å². The largest absolute Gasteiger partial charge is 0.382 e. The fourth-order valence-electron chi connectivity index (χ4n) is 1.17. The summed E-state index contributed by atoms with van der Waals surface area (Å²) in [7, 11) is 3.43. The molecule has 84 valence electrons. The van der Waals surface area contributed by atoms with Crippen molar-refractivity contribution in [1.29, 1.82) is 0 Å². The average molecular weight is 202 g/mol. The highest BCUT2D eigenvalue weighted by atomic mass is 16.5. The number of methoxy groups -OCH3 is 1. The molecule has 0 spiro atoms. The zero-order valence-corrected chi connectivity index (χ0v) is 9.62. The van der Waals surface area contributed by atoms with Gasteiger partial charge in [-0.25, -0.2) is 0 Å². The van der Waals surface area contributed by atoms with E-state index in [1.54, 1.807) is 19.1 Å². The van der Waals surface area contributed by atoms with Gasteiger partial charge in [0, 0.05) is 33.2 Å². The summed E-state index contributed by atoms with van der Waals surface area (Å²) in [6.45, 7) is 4.46. The molecular weight excluding hydrogens is 180 g/mol. The SMILES string of the molecule is COC(C)CCC(=O)N(C)CC(C)N. The molecule has 0 saturated heterocycles. The Morgan fingerprint density at radius 1 is 1.50 bits per heavy atom. The summed E-state index contributed by atoms with van der Waals surface area (Å²) in [6.07, 6.45) is 1.43. The van der Waals surface area contributed by atoms with E-state index in [-0.39, 0.29) is 18.1 Å². The number of amides is 1. The highest BCUT2D eigenvalue weighted by Crippen LogP contribution is 2.02. The van der Waals surface area contributed by atoms with E-state index in [2.05, 4.69) is 0 Å². The van der Waals surface area contributed by atoms with E-state index in [4.69, 9.17) is 10.5 Å². The molecule has 0 aliphatic carbocycles. The number of hydrogen-bond donors (Lipinski definition) is 1. The monoisotopic (exact) mass is 202 g/mol. The number of rotatable bonds is 6. The van der Waals surface area contributed by atoms with Crippen LogP contribution in [0.1, 0.15) is 26.7 Å². The van der Waals surface area contributed by atoms with Crippen molar-refractivity contribution in [3.63, 3.8) is 0 Å². The third-order valence-corrected chi connectivity index (χ3v) is 2.15. The molecule has 0 aromatic carbocycles. The normalized spacial score (nSPS) is 14.9. The molecule has 0 bridgehead atoms. The topological polar surface area (TPSA) is 55.6 Å². The number of carbonyl (C=O) groups excluding carboxylic acids is 1. The molecule has 4 heteroatoms. The van der Waals surface area contributed by atoms with E-state index in [0.29, 0.717) is 13.0 Å². The molecule has 1 amide bonds. The van der Waals surface area contributed by atoms with Gasteiger partial charge in [0.2, 0.25) is 5.91 Å². The maximum Gasteiger partial charge on any atom is 0.222 e. The highest BCUT2D eigenvalue weighted by molar-refractivity contribution is 5.75. The van der Waals surface area contributed by atoms with Crippen LogP contribution in [0.15, 0.2) is 0 Å². The number of ether oxygens (including phenoxy) is 1. The van der Waals surface area contributed by atoms with Gasteiger partial charge in [0.1, 0.15) is 0 Å². The smallest absolute Gasteiger partial charge is 0.222 e. The lowest BCUT2D eigenvalue weighted by Gasteiger charge is -2.20. The number of nitrogens with zero attached hydrogens (tertiary/aromatic N) is 1. The molecule has 2 unspecified atom stereocenters. The van der Waals surface area contributed by atoms with Crippen LogP contribution in [0.2, 0.25) is 0 Å². The van der Waals surface area contributed by atoms with Crippen molar-refractivity contribution < 1.29 is 9.53 Å². The highest BCUT2D eigenvalue weighted by Gasteiger charge is 2.11. The Morgan fingerprint density at radius 3 is 2.50 bits per heavy atom. The predicted octanol–water partition coefficient (Wildman–Crippen LogP) is 0.607. The predicted molar refractivity (Wildman–Crippen MR) is 57.0 cm³/mol. The lowest BCUT2D eigenvalue weighted by molar-refractivity contribution is -0.130. The van der Waals surface area contributed by atoms with Crippen LogP contribution in [0.25, 0.3) is 0 Å². The Labute approximate surface area is 86.4 Å². The summed E-state index contributed by atoms with van der Waals surface area (Å²) < 4.78 is 5.07. The van der Waals surface area contributed by atoms with Crippen LogP contribution in [0, 0.1) is 0 Å². The minimum atomic E-state index is 0.0313. The second-order valence-corrected chi connectivity index (χ2v) is 3.84. The van der Waals surface area contributed by atoms with Gasteiger partial charge in [0.05, 0.1) is 6.10 Å². The van der Waals surface area contributed by atoms with Crippen molar-refractivity contribution in [1.82, 2.24) is 4.90 Å². The molecule has 0 aromatic rings. The molecule has 0 radical (unpaired) electrons. The summed E-state index contributed by atoms with van der Waals surface area (Å²) in [4.78, 5) is 13.2. The van der Waals surface area contributed by atoms with Crippen LogP contribution in [0.4, 0.5) is 0 Å². The Morgan fingerprint density at radius 2 is 2.07 bits per heavy atom. The summed E-state index contributed by atoms with van der Waals surface area (Å²) in [6, 6.07) is 0.0313. The van der Waals surface area contributed by atoms with Crippen LogP contribution in [0.5, 0.6) is 0 Å². The maximum atomic E-state index is 11.5. The summed E-state index contributed by atoms with van der Waals surface area (Å²) in [5.41, 5.74) is 5.59. The van der Waals surface area contributed by atoms with Crippen molar-refractivity contribution >= 4 is 5.91 Å². The molecule has 4 nitrogen and oxygen atoms in total. The van der Waals surface area contributed by atoms with Crippen LogP contribution in [-0.2, 0) is 9.53 Å². The zero-order valence-electron chi connectivity index (χ0n) is 9.62. The molecule has 2 N–H and O–H groups in total. The molecule has 14 heavy (non-hydrogen) atoms. The standard InChI is InChI=1S/C10H22N2O2/c1-8(11)7-12(3)10(13)6-5-9(2)14-4/h8-9H,5-7,11H2,1-4H3. The van der Waals surface area contributed by atoms with E-state index in [1.165, 1.54) is 0 Å². The van der Waals surface area contributed by atoms with E-state index in [1.807, 2.05) is 13.8 Å². The Kier molecular flexibility index (Phi) is 6.49. The van der Waals surface area contributed by atoms with Gasteiger partial charge in [-0.05, 0) is 20.3 Å². The number of nitrogens with two attached hydrogens (primary N) is 1. The number of carbonyl (C=O) groups is 1. The minimum Gasteiger partial charge on any atom is -0.382 e. The Hall–Kier alpha value is -0.610. The van der Waals surface area contributed by atoms with Gasteiger partial charge in [-0.1, -0.05) is 0 Å². The molecule has 0 aliphatic rings. The van der Waals surface area contributed by atoms with Crippen LogP contribution in [-0.4, -0.2) is 43.7 Å². The van der Waals surface area contributed by atoms with Gasteiger partial charge in [0.15, 0.2) is 0 Å². The molecule has 0 rings (SSSR count). The van der Waals surface area contributed by atoms with Crippen LogP contribution in [0.3, 0.4) is 0 Å². The van der Waals surface area contributed by atoms with Crippen molar-refractivity contribution in [2.45, 2.75) is 38.8 Å². The van der Waals surface area contributed by atoms with Crippen LogP contribution < -0.4 is 5.73 Å². The summed E-state index contributed by atoms with van der Waals surface area (Å²) >= 11 is 0. The summed E-state index contributed by atoms with van der Waals surface area (Å²) in [5.74, 6) is 0.131. The van der Waals surface area contributed by atoms with Crippen molar-refractivity contribution in [2.75, 3.05) is 20.7 Å². The molecule has 2 atom stereocenters. The van der Waals surface area contributed by atoms with Gasteiger partial charge in [0.25, 0.3) is 0 Å². The molecule has 0 aliphatic heterocycles. The first-order valence-electron chi connectivity index (χ1n) is 4.99. The molecule has 0 aromatic heterocycles. The first-order chi connectivity index (χ1) is 6.47. The minimum absolute atomic E-state index is 0.0313. The molecule has 0 heterocycles. The van der Waals surface area contributed by atoms with Gasteiger partial charge < -0.3 is 15.4 Å². The second kappa shape index (κ2) is 6.79. The molecular formula is C10H22N2O2. The Bertz CT molecular complexity index is 172. The van der Waals surface area contributed by atoms with Crippen molar-refractivity contribution in [3.05, 3.63) is 0 Å². The van der Waals surface area contributed by atoms with E-state index >= 15 is 0 Å². The first kappa shape index (κ1) is 13.4. The van der Waals surface area contributed by atoms with Gasteiger partial charge in [-0.3, -0.25) is 4.79 Å². The fourth-order valence-corrected chi connectivity index (χ4v) is 1.17. The lowest BCUT2D eigenvalue weighted by atomic mass is 10.2. The van der Waals surface area contributed by atoms with E-state index in [0.717, 1.165) is 6.42 Å². The number of likely N-dealkylation sites (N-methyl/N-ethyl adjacent to an activating group) is 1. The Balaban J connectivity index is 3.73. The molecule has 0 saturated carbocycles. The quantitative estimate of drug-likeness (QED) is 0.686. The van der Waals surface area contributed by atoms with Gasteiger partial charge in [-0.15, -0.1) is 0 Å². The maximum absolute atomic E-state index is 11.5. The second-order valence-electron chi connectivity index (χ2n) is 3.84. The van der Waals surface area contributed by atoms with E-state index in [9.17, 15) is 4.79 Å². The van der Waals surface area contributed by atoms with Gasteiger partial charge >= 0.3 is 0 Å². The van der Waals surface area contributed by atoms with Gasteiger partial charge in [-0.2, -0.15) is 0 Å². The van der Waals surface area contributed by atoms with Crippen molar-refractivity contribution in [2.24, 2.45) is 5.73 Å². The third-order valence-electron chi connectivity index (χ3n) is 2.15. The fraction of sp³-hybridized carbons (Fsp3) is 0.900. The first-order valence-corrected chi connectivity index (χ1v) is 4.99.